The van der Waals surface area contributed by atoms with Gasteiger partial charge in [0.1, 0.15) is 17.3 Å². The van der Waals surface area contributed by atoms with Gasteiger partial charge in [0.25, 0.3) is 5.91 Å². The first-order valence-corrected chi connectivity index (χ1v) is 10.2. The average Bonchev–Trinajstić information content (AvgIpc) is 2.90. The Bertz CT molecular complexity index is 929. The first-order chi connectivity index (χ1) is 13.3. The molecule has 28 heavy (non-hydrogen) atoms. The molecule has 2 aromatic rings. The Kier molecular flexibility index (Phi) is 4.69. The maximum Gasteiger partial charge on any atom is 0.271 e. The van der Waals surface area contributed by atoms with Gasteiger partial charge in [-0.25, -0.2) is 13.8 Å². The van der Waals surface area contributed by atoms with Gasteiger partial charge in [0.05, 0.1) is 5.69 Å². The van der Waals surface area contributed by atoms with E-state index >= 15 is 0 Å². The van der Waals surface area contributed by atoms with E-state index in [1.54, 1.807) is 6.92 Å². The Morgan fingerprint density at radius 1 is 1.21 bits per heavy atom. The summed E-state index contributed by atoms with van der Waals surface area (Å²) in [6.45, 7) is 3.04. The normalized spacial score (nSPS) is 19.6. The average molecular weight is 405 g/mol. The van der Waals surface area contributed by atoms with E-state index in [0.29, 0.717) is 4.88 Å². The van der Waals surface area contributed by atoms with Crippen molar-refractivity contribution in [3.63, 3.8) is 0 Å². The Morgan fingerprint density at radius 3 is 2.39 bits per heavy atom. The smallest absolute Gasteiger partial charge is 0.271 e. The summed E-state index contributed by atoms with van der Waals surface area (Å²) in [6.07, 6.45) is 5.65. The van der Waals surface area contributed by atoms with Crippen molar-refractivity contribution in [1.82, 2.24) is 10.3 Å². The molecule has 0 bridgehead atoms. The highest BCUT2D eigenvalue weighted by atomic mass is 32.1. The molecule has 1 heterocycles. The minimum atomic E-state index is -0.789. The zero-order valence-electron chi connectivity index (χ0n) is 15.7. The molecule has 1 atom stereocenters. The monoisotopic (exact) mass is 405 g/mol. The van der Waals surface area contributed by atoms with Gasteiger partial charge >= 0.3 is 0 Å². The Hall–Kier alpha value is -2.35. The molecule has 148 valence electrons. The van der Waals surface area contributed by atoms with Crippen LogP contribution >= 0.6 is 11.3 Å². The van der Waals surface area contributed by atoms with Crippen molar-refractivity contribution in [3.05, 3.63) is 40.4 Å². The van der Waals surface area contributed by atoms with Crippen molar-refractivity contribution in [2.75, 3.05) is 4.90 Å². The van der Waals surface area contributed by atoms with E-state index in [4.69, 9.17) is 0 Å². The maximum atomic E-state index is 13.6. The largest absolute Gasteiger partial charge is 0.347 e. The number of hydrogen-bond donors (Lipinski definition) is 1. The van der Waals surface area contributed by atoms with Crippen molar-refractivity contribution in [2.45, 2.75) is 52.0 Å². The SMILES string of the molecule is CC(=O)N(c1cc(F)cc(F)c1)c1nc(C(=O)N[C@H]2CCC23CCC3)c(C)s1. The Balaban J connectivity index is 1.59. The van der Waals surface area contributed by atoms with Crippen LogP contribution in [0.3, 0.4) is 0 Å². The van der Waals surface area contributed by atoms with Gasteiger partial charge < -0.3 is 5.32 Å². The molecule has 0 unspecified atom stereocenters. The fourth-order valence-electron chi connectivity index (χ4n) is 4.16. The van der Waals surface area contributed by atoms with Gasteiger partial charge in [-0.1, -0.05) is 6.42 Å². The lowest BCUT2D eigenvalue weighted by Gasteiger charge is -2.56. The van der Waals surface area contributed by atoms with Gasteiger partial charge in [-0.2, -0.15) is 0 Å². The first-order valence-electron chi connectivity index (χ1n) is 9.34. The van der Waals surface area contributed by atoms with Gasteiger partial charge in [0.2, 0.25) is 5.91 Å². The number of halogens is 2. The highest BCUT2D eigenvalue weighted by Crippen LogP contribution is 2.55. The summed E-state index contributed by atoms with van der Waals surface area (Å²) in [5, 5.41) is 3.30. The molecule has 1 aromatic heterocycles. The number of aromatic nitrogens is 1. The molecule has 2 amide bonds. The van der Waals surface area contributed by atoms with Crippen LogP contribution in [0.2, 0.25) is 0 Å². The number of hydrogen-bond acceptors (Lipinski definition) is 4. The first kappa shape index (κ1) is 19.0. The summed E-state index contributed by atoms with van der Waals surface area (Å²) in [4.78, 5) is 31.0. The second-order valence-electron chi connectivity index (χ2n) is 7.66. The topological polar surface area (TPSA) is 62.3 Å². The number of rotatable bonds is 4. The number of carbonyl (C=O) groups excluding carboxylic acids is 2. The predicted octanol–water partition coefficient (Wildman–Crippen LogP) is 4.48. The van der Waals surface area contributed by atoms with Crippen molar-refractivity contribution < 1.29 is 18.4 Å². The Labute approximate surface area is 165 Å². The van der Waals surface area contributed by atoms with E-state index < -0.39 is 17.5 Å². The third kappa shape index (κ3) is 3.19. The van der Waals surface area contributed by atoms with Gasteiger partial charge in [-0.3, -0.25) is 14.5 Å². The molecule has 2 saturated carbocycles. The molecular weight excluding hydrogens is 384 g/mol. The lowest BCUT2D eigenvalue weighted by Crippen LogP contribution is -2.58. The molecule has 0 saturated heterocycles. The second-order valence-corrected chi connectivity index (χ2v) is 8.85. The van der Waals surface area contributed by atoms with Crippen LogP contribution in [0, 0.1) is 24.0 Å². The van der Waals surface area contributed by atoms with Crippen molar-refractivity contribution in [3.8, 4) is 0 Å². The van der Waals surface area contributed by atoms with E-state index in [2.05, 4.69) is 10.3 Å². The fourth-order valence-corrected chi connectivity index (χ4v) is 5.13. The quantitative estimate of drug-likeness (QED) is 0.816. The van der Waals surface area contributed by atoms with E-state index in [9.17, 15) is 18.4 Å². The van der Waals surface area contributed by atoms with Gasteiger partial charge in [-0.15, -0.1) is 11.3 Å². The van der Waals surface area contributed by atoms with Crippen LogP contribution < -0.4 is 10.2 Å². The molecule has 4 rings (SSSR count). The molecule has 1 aromatic carbocycles. The zero-order valence-corrected chi connectivity index (χ0v) is 16.5. The summed E-state index contributed by atoms with van der Waals surface area (Å²) in [5.74, 6) is -2.28. The molecule has 1 spiro atoms. The van der Waals surface area contributed by atoms with Crippen LogP contribution in [-0.4, -0.2) is 22.8 Å². The number of nitrogens with zero attached hydrogens (tertiary/aromatic N) is 2. The van der Waals surface area contributed by atoms with E-state index in [1.807, 2.05) is 0 Å². The molecular formula is C20H21F2N3O2S. The van der Waals surface area contributed by atoms with Gasteiger partial charge in [-0.05, 0) is 50.2 Å². The highest BCUT2D eigenvalue weighted by molar-refractivity contribution is 7.16. The second kappa shape index (κ2) is 6.92. The van der Waals surface area contributed by atoms with Crippen molar-refractivity contribution >= 4 is 34.0 Å². The van der Waals surface area contributed by atoms with Crippen molar-refractivity contribution in [1.29, 1.82) is 0 Å². The maximum absolute atomic E-state index is 13.6. The van der Waals surface area contributed by atoms with Crippen LogP contribution in [0.5, 0.6) is 0 Å². The van der Waals surface area contributed by atoms with Crippen LogP contribution in [0.1, 0.15) is 54.4 Å². The number of amides is 2. The third-order valence-electron chi connectivity index (χ3n) is 5.94. The lowest BCUT2D eigenvalue weighted by atomic mass is 9.53. The van der Waals surface area contributed by atoms with E-state index in [1.165, 1.54) is 13.3 Å². The molecule has 2 aliphatic carbocycles. The van der Waals surface area contributed by atoms with Crippen LogP contribution in [0.4, 0.5) is 19.6 Å². The molecule has 1 N–H and O–H groups in total. The minimum Gasteiger partial charge on any atom is -0.347 e. The zero-order chi connectivity index (χ0) is 20.1. The van der Waals surface area contributed by atoms with E-state index in [-0.39, 0.29) is 33.9 Å². The summed E-state index contributed by atoms with van der Waals surface area (Å²) >= 11 is 1.15. The lowest BCUT2D eigenvalue weighted by molar-refractivity contribution is -0.115. The number of benzene rings is 1. The molecule has 2 aliphatic rings. The number of carbonyl (C=O) groups is 2. The van der Waals surface area contributed by atoms with Crippen LogP contribution in [0.25, 0.3) is 0 Å². The number of nitrogens with one attached hydrogen (secondary N) is 1. The molecule has 2 fully saturated rings. The highest BCUT2D eigenvalue weighted by Gasteiger charge is 2.51. The number of thiazole rings is 1. The summed E-state index contributed by atoms with van der Waals surface area (Å²) in [5.41, 5.74) is 0.565. The molecule has 8 heteroatoms. The van der Waals surface area contributed by atoms with Crippen LogP contribution in [0.15, 0.2) is 18.2 Å². The molecule has 0 aliphatic heterocycles. The third-order valence-corrected chi connectivity index (χ3v) is 6.89. The minimum absolute atomic E-state index is 0.0399. The predicted molar refractivity (Wildman–Crippen MR) is 103 cm³/mol. The van der Waals surface area contributed by atoms with Gasteiger partial charge in [0.15, 0.2) is 5.13 Å². The standard InChI is InChI=1S/C20H21F2N3O2S/c1-11-17(18(27)23-16-4-7-20(16)5-3-6-20)24-19(28-11)25(12(2)26)15-9-13(21)8-14(22)10-15/h8-10,16H,3-7H2,1-2H3,(H,23,27)/t16-/m0/s1. The van der Waals surface area contributed by atoms with Crippen LogP contribution in [-0.2, 0) is 4.79 Å². The van der Waals surface area contributed by atoms with Gasteiger partial charge in [0, 0.05) is 23.9 Å². The number of anilines is 2. The summed E-state index contributed by atoms with van der Waals surface area (Å²) < 4.78 is 27.2. The summed E-state index contributed by atoms with van der Waals surface area (Å²) in [6, 6.07) is 3.05. The molecule has 5 nitrogen and oxygen atoms in total. The van der Waals surface area contributed by atoms with E-state index in [0.717, 1.165) is 60.1 Å². The number of aryl methyl sites for hydroxylation is 1. The van der Waals surface area contributed by atoms with Crippen molar-refractivity contribution in [2.24, 2.45) is 5.41 Å². The summed E-state index contributed by atoms with van der Waals surface area (Å²) in [7, 11) is 0. The fraction of sp³-hybridized carbons (Fsp3) is 0.450. The Morgan fingerprint density at radius 2 is 1.89 bits per heavy atom. The molecule has 0 radical (unpaired) electrons.